The van der Waals surface area contributed by atoms with Crippen LogP contribution in [0.25, 0.3) is 0 Å². The van der Waals surface area contributed by atoms with Crippen molar-refractivity contribution < 1.29 is 29.1 Å². The molecule has 0 aliphatic heterocycles. The number of aromatic nitrogens is 2. The van der Waals surface area contributed by atoms with E-state index in [-0.39, 0.29) is 12.2 Å². The number of aliphatic carboxylic acids is 1. The van der Waals surface area contributed by atoms with Gasteiger partial charge < -0.3 is 37.5 Å². The molecule has 30 heavy (non-hydrogen) atoms. The summed E-state index contributed by atoms with van der Waals surface area (Å²) < 4.78 is 0. The van der Waals surface area contributed by atoms with E-state index in [9.17, 15) is 29.1 Å². The highest BCUT2D eigenvalue weighted by Crippen LogP contribution is 2.02. The van der Waals surface area contributed by atoms with Gasteiger partial charge in [0.1, 0.15) is 18.1 Å². The third-order valence-corrected chi connectivity index (χ3v) is 4.23. The molecule has 0 aliphatic rings. The third-order valence-electron chi connectivity index (χ3n) is 3.86. The van der Waals surface area contributed by atoms with E-state index in [1.54, 1.807) is 0 Å². The average molecular weight is 443 g/mol. The van der Waals surface area contributed by atoms with Gasteiger partial charge in [0.15, 0.2) is 0 Å². The number of imidazole rings is 1. The number of carboxylic acid groups (broad SMARTS) is 1. The fourth-order valence-corrected chi connectivity index (χ4v) is 2.53. The minimum absolute atomic E-state index is 0.109. The van der Waals surface area contributed by atoms with Crippen LogP contribution in [0.1, 0.15) is 19.0 Å². The molecule has 1 aromatic rings. The number of thiol groups is 1. The first kappa shape index (κ1) is 24.9. The van der Waals surface area contributed by atoms with Crippen LogP contribution < -0.4 is 27.4 Å². The lowest BCUT2D eigenvalue weighted by Crippen LogP contribution is -2.58. The Morgan fingerprint density at radius 3 is 2.13 bits per heavy atom. The molecular weight excluding hydrogens is 418 g/mol. The van der Waals surface area contributed by atoms with E-state index in [0.717, 1.165) is 0 Å². The molecule has 0 saturated carbocycles. The van der Waals surface area contributed by atoms with Crippen LogP contribution in [0.4, 0.5) is 0 Å². The predicted octanol–water partition coefficient (Wildman–Crippen LogP) is -3.36. The highest BCUT2D eigenvalue weighted by atomic mass is 32.1. The van der Waals surface area contributed by atoms with E-state index < -0.39 is 60.2 Å². The van der Waals surface area contributed by atoms with Crippen LogP contribution in [-0.2, 0) is 30.4 Å². The maximum atomic E-state index is 12.5. The summed E-state index contributed by atoms with van der Waals surface area (Å²) in [5, 5.41) is 16.2. The SMILES string of the molecule is CC(N)C(=O)NC(CS)C(=O)NC(CC(N)=O)C(=O)NC(Cc1cnc[nH]1)C(=O)O. The monoisotopic (exact) mass is 443 g/mol. The molecule has 0 saturated heterocycles. The Kier molecular flexibility index (Phi) is 9.77. The Morgan fingerprint density at radius 1 is 1.10 bits per heavy atom. The summed E-state index contributed by atoms with van der Waals surface area (Å²) in [4.78, 5) is 66.0. The van der Waals surface area contributed by atoms with Crippen LogP contribution in [0.2, 0.25) is 0 Å². The summed E-state index contributed by atoms with van der Waals surface area (Å²) in [5.74, 6) is -4.73. The number of nitrogens with one attached hydrogen (secondary N) is 4. The zero-order valence-electron chi connectivity index (χ0n) is 16.1. The van der Waals surface area contributed by atoms with E-state index >= 15 is 0 Å². The quantitative estimate of drug-likeness (QED) is 0.152. The fraction of sp³-hybridized carbons (Fsp3) is 0.500. The predicted molar refractivity (Wildman–Crippen MR) is 107 cm³/mol. The summed E-state index contributed by atoms with van der Waals surface area (Å²) in [6.45, 7) is 1.41. The molecule has 1 aromatic heterocycles. The Morgan fingerprint density at radius 2 is 1.67 bits per heavy atom. The average Bonchev–Trinajstić information content (AvgIpc) is 3.17. The number of nitrogens with two attached hydrogens (primary N) is 2. The highest BCUT2D eigenvalue weighted by Gasteiger charge is 2.30. The number of primary amides is 1. The second-order valence-corrected chi connectivity index (χ2v) is 6.81. The van der Waals surface area contributed by atoms with Crippen molar-refractivity contribution in [2.24, 2.45) is 11.5 Å². The first-order chi connectivity index (χ1) is 14.0. The molecule has 4 unspecified atom stereocenters. The molecule has 0 aliphatic carbocycles. The molecule has 0 aromatic carbocycles. The smallest absolute Gasteiger partial charge is 0.326 e. The van der Waals surface area contributed by atoms with Crippen molar-refractivity contribution in [2.75, 3.05) is 5.75 Å². The number of nitrogens with zero attached hydrogens (tertiary/aromatic N) is 1. The van der Waals surface area contributed by atoms with Crippen molar-refractivity contribution in [3.05, 3.63) is 18.2 Å². The van der Waals surface area contributed by atoms with E-state index in [0.29, 0.717) is 5.69 Å². The minimum Gasteiger partial charge on any atom is -0.480 e. The van der Waals surface area contributed by atoms with Gasteiger partial charge in [0, 0.05) is 24.1 Å². The van der Waals surface area contributed by atoms with E-state index in [1.807, 2.05) is 0 Å². The zero-order chi connectivity index (χ0) is 22.8. The Labute approximate surface area is 177 Å². The molecule has 4 amide bonds. The third kappa shape index (κ3) is 8.08. The van der Waals surface area contributed by atoms with E-state index in [2.05, 4.69) is 38.5 Å². The van der Waals surface area contributed by atoms with Crippen LogP contribution in [-0.4, -0.2) is 74.6 Å². The largest absolute Gasteiger partial charge is 0.480 e. The minimum atomic E-state index is -1.46. The fourth-order valence-electron chi connectivity index (χ4n) is 2.27. The molecule has 0 radical (unpaired) electrons. The Bertz CT molecular complexity index is 770. The molecule has 13 nitrogen and oxygen atoms in total. The number of hydrogen-bond acceptors (Lipinski definition) is 8. The normalized spacial score (nSPS) is 14.6. The molecule has 1 rings (SSSR count). The summed E-state index contributed by atoms with van der Waals surface area (Å²) in [5.41, 5.74) is 11.0. The van der Waals surface area contributed by atoms with Crippen LogP contribution in [0, 0.1) is 0 Å². The first-order valence-corrected chi connectivity index (χ1v) is 9.44. The van der Waals surface area contributed by atoms with Crippen LogP contribution in [0.3, 0.4) is 0 Å². The van der Waals surface area contributed by atoms with E-state index in [4.69, 9.17) is 11.5 Å². The van der Waals surface area contributed by atoms with Gasteiger partial charge in [0.2, 0.25) is 23.6 Å². The first-order valence-electron chi connectivity index (χ1n) is 8.81. The lowest BCUT2D eigenvalue weighted by atomic mass is 10.1. The lowest BCUT2D eigenvalue weighted by molar-refractivity contribution is -0.142. The van der Waals surface area contributed by atoms with Crippen LogP contribution in [0.15, 0.2) is 12.5 Å². The molecule has 1 heterocycles. The molecule has 14 heteroatoms. The summed E-state index contributed by atoms with van der Waals surface area (Å²) in [6.07, 6.45) is 2.04. The van der Waals surface area contributed by atoms with Crippen molar-refractivity contribution in [1.82, 2.24) is 25.9 Å². The van der Waals surface area contributed by atoms with Crippen LogP contribution >= 0.6 is 12.6 Å². The number of carbonyl (C=O) groups excluding carboxylic acids is 4. The second kappa shape index (κ2) is 11.8. The summed E-state index contributed by atoms with van der Waals surface area (Å²) in [6, 6.07) is -4.85. The van der Waals surface area contributed by atoms with Gasteiger partial charge in [-0.3, -0.25) is 19.2 Å². The topological polar surface area (TPSA) is 222 Å². The van der Waals surface area contributed by atoms with Crippen molar-refractivity contribution in [3.63, 3.8) is 0 Å². The van der Waals surface area contributed by atoms with Gasteiger partial charge >= 0.3 is 5.97 Å². The number of hydrogen-bond donors (Lipinski definition) is 8. The second-order valence-electron chi connectivity index (χ2n) is 6.44. The standard InChI is InChI=1S/C16H25N7O6S/c1-7(17)13(25)23-11(5-30)15(27)21-9(3-12(18)24)14(26)22-10(16(28)29)2-8-4-19-6-20-8/h4,6-7,9-11,30H,2-3,5,17H2,1H3,(H2,18,24)(H,19,20)(H,21,27)(H,22,26)(H,23,25)(H,28,29). The van der Waals surface area contributed by atoms with Gasteiger partial charge in [-0.15, -0.1) is 0 Å². The van der Waals surface area contributed by atoms with Crippen molar-refractivity contribution in [2.45, 2.75) is 43.9 Å². The van der Waals surface area contributed by atoms with Crippen molar-refractivity contribution >= 4 is 42.2 Å². The molecular formula is C16H25N7O6S. The Balaban J connectivity index is 2.88. The van der Waals surface area contributed by atoms with Gasteiger partial charge in [0.25, 0.3) is 0 Å². The summed E-state index contributed by atoms with van der Waals surface area (Å²) in [7, 11) is 0. The number of amides is 4. The van der Waals surface area contributed by atoms with Gasteiger partial charge in [-0.1, -0.05) is 0 Å². The number of carboxylic acids is 1. The Hall–Kier alpha value is -3.13. The highest BCUT2D eigenvalue weighted by molar-refractivity contribution is 7.80. The van der Waals surface area contributed by atoms with Gasteiger partial charge in [0.05, 0.1) is 18.8 Å². The molecule has 166 valence electrons. The molecule has 9 N–H and O–H groups in total. The molecule has 0 spiro atoms. The molecule has 0 fully saturated rings. The van der Waals surface area contributed by atoms with Gasteiger partial charge in [-0.05, 0) is 6.92 Å². The number of aromatic amines is 1. The van der Waals surface area contributed by atoms with E-state index in [1.165, 1.54) is 19.4 Å². The summed E-state index contributed by atoms with van der Waals surface area (Å²) >= 11 is 3.98. The lowest BCUT2D eigenvalue weighted by Gasteiger charge is -2.23. The van der Waals surface area contributed by atoms with Crippen molar-refractivity contribution in [3.8, 4) is 0 Å². The number of rotatable bonds is 12. The maximum absolute atomic E-state index is 12.5. The number of carbonyl (C=O) groups is 5. The van der Waals surface area contributed by atoms with Gasteiger partial charge in [-0.25, -0.2) is 9.78 Å². The van der Waals surface area contributed by atoms with Crippen LogP contribution in [0.5, 0.6) is 0 Å². The molecule has 4 atom stereocenters. The number of H-pyrrole nitrogens is 1. The van der Waals surface area contributed by atoms with Crippen molar-refractivity contribution in [1.29, 1.82) is 0 Å². The maximum Gasteiger partial charge on any atom is 0.326 e. The molecule has 0 bridgehead atoms. The van der Waals surface area contributed by atoms with Gasteiger partial charge in [-0.2, -0.15) is 12.6 Å². The zero-order valence-corrected chi connectivity index (χ0v) is 17.0.